The molecule has 0 aromatic rings. The molecule has 0 saturated heterocycles. The van der Waals surface area contributed by atoms with Gasteiger partial charge in [-0.05, 0) is 24.2 Å². The molecule has 0 unspecified atom stereocenters. The molecule has 1 fully saturated rings. The zero-order chi connectivity index (χ0) is 14.0. The fourth-order valence-electron chi connectivity index (χ4n) is 4.34. The summed E-state index contributed by atoms with van der Waals surface area (Å²) in [5.74, 6) is -0.311. The maximum Gasteiger partial charge on any atom is 0.335 e. The number of cyclic esters (lactones) is 1. The lowest BCUT2D eigenvalue weighted by atomic mass is 9.49. The number of esters is 1. The number of rotatable bonds is 0. The first-order valence-corrected chi connectivity index (χ1v) is 6.90. The van der Waals surface area contributed by atoms with Crippen LogP contribution in [0.25, 0.3) is 0 Å². The van der Waals surface area contributed by atoms with Gasteiger partial charge in [-0.3, -0.25) is 4.79 Å². The molecule has 1 aliphatic heterocycles. The van der Waals surface area contributed by atoms with Crippen molar-refractivity contribution in [1.82, 2.24) is 0 Å². The largest absolute Gasteiger partial charge is 0.457 e. The molecule has 0 aromatic heterocycles. The van der Waals surface area contributed by atoms with Crippen LogP contribution in [0.1, 0.15) is 40.0 Å². The van der Waals surface area contributed by atoms with Crippen LogP contribution in [0.15, 0.2) is 11.1 Å². The number of fused-ring (bicyclic) bond motifs is 2. The number of carbonyl (C=O) groups excluding carboxylic acids is 2. The molecular formula is C15H20O4. The Labute approximate surface area is 112 Å². The van der Waals surface area contributed by atoms with Gasteiger partial charge in [0.2, 0.25) is 0 Å². The Morgan fingerprint density at radius 2 is 1.95 bits per heavy atom. The van der Waals surface area contributed by atoms with Gasteiger partial charge >= 0.3 is 5.97 Å². The van der Waals surface area contributed by atoms with Crippen molar-refractivity contribution in [3.05, 3.63) is 11.1 Å². The molecule has 3 atom stereocenters. The third-order valence-electron chi connectivity index (χ3n) is 5.61. The fraction of sp³-hybridized carbons (Fsp3) is 0.733. The first-order chi connectivity index (χ1) is 8.78. The summed E-state index contributed by atoms with van der Waals surface area (Å²) in [6, 6.07) is 0. The van der Waals surface area contributed by atoms with E-state index in [4.69, 9.17) is 4.74 Å². The van der Waals surface area contributed by atoms with Crippen LogP contribution in [-0.2, 0) is 14.3 Å². The quantitative estimate of drug-likeness (QED) is 0.675. The molecule has 1 saturated carbocycles. The minimum Gasteiger partial charge on any atom is -0.457 e. The van der Waals surface area contributed by atoms with Crippen molar-refractivity contribution < 1.29 is 19.4 Å². The molecule has 0 radical (unpaired) electrons. The molecule has 4 heteroatoms. The number of Topliss-reactive ketones (excluding diaryl/α,β-unsaturated/α-hetero) is 1. The molecule has 104 valence electrons. The number of aliphatic hydroxyl groups excluding tert-OH is 1. The SMILES string of the molecule is CC1(C)[C@@H](O)CC[C@]2(C)C3=C(COC3=O)C(=O)C[C@@H]12. The molecule has 0 spiro atoms. The first kappa shape index (κ1) is 12.9. The number of hydrogen-bond donors (Lipinski definition) is 1. The Kier molecular flexibility index (Phi) is 2.50. The van der Waals surface area contributed by atoms with E-state index in [0.717, 1.165) is 6.42 Å². The number of hydrogen-bond acceptors (Lipinski definition) is 4. The minimum atomic E-state index is -0.419. The third kappa shape index (κ3) is 1.49. The van der Waals surface area contributed by atoms with E-state index in [1.165, 1.54) is 0 Å². The summed E-state index contributed by atoms with van der Waals surface area (Å²) in [7, 11) is 0. The highest BCUT2D eigenvalue weighted by Gasteiger charge is 2.59. The summed E-state index contributed by atoms with van der Waals surface area (Å²) in [5.41, 5.74) is 0.480. The lowest BCUT2D eigenvalue weighted by molar-refractivity contribution is -0.141. The van der Waals surface area contributed by atoms with Crippen LogP contribution in [0, 0.1) is 16.7 Å². The zero-order valence-electron chi connectivity index (χ0n) is 11.7. The van der Waals surface area contributed by atoms with Crippen LogP contribution >= 0.6 is 0 Å². The molecule has 1 N–H and O–H groups in total. The van der Waals surface area contributed by atoms with Crippen molar-refractivity contribution >= 4 is 11.8 Å². The van der Waals surface area contributed by atoms with Gasteiger partial charge in [0.05, 0.1) is 11.7 Å². The highest BCUT2D eigenvalue weighted by atomic mass is 16.5. The average Bonchev–Trinajstić information content (AvgIpc) is 2.73. The van der Waals surface area contributed by atoms with Gasteiger partial charge in [-0.15, -0.1) is 0 Å². The number of carbonyl (C=O) groups is 2. The normalized spacial score (nSPS) is 40.8. The van der Waals surface area contributed by atoms with E-state index in [-0.39, 0.29) is 35.1 Å². The molecule has 3 aliphatic rings. The van der Waals surface area contributed by atoms with Crippen LogP contribution in [0.5, 0.6) is 0 Å². The predicted octanol–water partition coefficient (Wildman–Crippen LogP) is 1.62. The van der Waals surface area contributed by atoms with Crippen molar-refractivity contribution in [2.45, 2.75) is 46.1 Å². The Morgan fingerprint density at radius 1 is 1.26 bits per heavy atom. The molecule has 4 nitrogen and oxygen atoms in total. The van der Waals surface area contributed by atoms with Crippen molar-refractivity contribution in [3.8, 4) is 0 Å². The Morgan fingerprint density at radius 3 is 2.63 bits per heavy atom. The lowest BCUT2D eigenvalue weighted by Crippen LogP contribution is -2.53. The van der Waals surface area contributed by atoms with E-state index in [1.54, 1.807) is 0 Å². The Balaban J connectivity index is 2.15. The summed E-state index contributed by atoms with van der Waals surface area (Å²) in [6.07, 6.45) is 1.40. The Hall–Kier alpha value is -1.16. The van der Waals surface area contributed by atoms with Gasteiger partial charge in [0.15, 0.2) is 5.78 Å². The standard InChI is InChI=1S/C15H20O4/c1-14(2)10-6-9(16)8-7-19-13(18)12(8)15(10,3)5-4-11(14)17/h10-11,17H,4-7H2,1-3H3/t10-,11-,15-/m0/s1. The first-order valence-electron chi connectivity index (χ1n) is 6.90. The molecule has 0 bridgehead atoms. The van der Waals surface area contributed by atoms with E-state index < -0.39 is 6.10 Å². The maximum atomic E-state index is 12.2. The second kappa shape index (κ2) is 3.69. The summed E-state index contributed by atoms with van der Waals surface area (Å²) in [4.78, 5) is 24.3. The van der Waals surface area contributed by atoms with Gasteiger partial charge in [-0.1, -0.05) is 20.8 Å². The van der Waals surface area contributed by atoms with Crippen LogP contribution in [0.4, 0.5) is 0 Å². The number of ketones is 1. The lowest BCUT2D eigenvalue weighted by Gasteiger charge is -2.54. The van der Waals surface area contributed by atoms with Gasteiger partial charge < -0.3 is 9.84 Å². The van der Waals surface area contributed by atoms with E-state index >= 15 is 0 Å². The average molecular weight is 264 g/mol. The van der Waals surface area contributed by atoms with Crippen molar-refractivity contribution in [1.29, 1.82) is 0 Å². The van der Waals surface area contributed by atoms with Crippen LogP contribution < -0.4 is 0 Å². The molecule has 1 heterocycles. The van der Waals surface area contributed by atoms with E-state index in [0.29, 0.717) is 24.0 Å². The van der Waals surface area contributed by atoms with E-state index in [9.17, 15) is 14.7 Å². The van der Waals surface area contributed by atoms with Gasteiger partial charge in [0.1, 0.15) is 6.61 Å². The van der Waals surface area contributed by atoms with Gasteiger partial charge in [-0.2, -0.15) is 0 Å². The van der Waals surface area contributed by atoms with E-state index in [1.807, 2.05) is 13.8 Å². The second-order valence-corrected chi connectivity index (χ2v) is 6.90. The van der Waals surface area contributed by atoms with Crippen LogP contribution in [0.3, 0.4) is 0 Å². The van der Waals surface area contributed by atoms with Gasteiger partial charge in [0.25, 0.3) is 0 Å². The monoisotopic (exact) mass is 264 g/mol. The summed E-state index contributed by atoms with van der Waals surface area (Å²) in [6.45, 7) is 6.19. The summed E-state index contributed by atoms with van der Waals surface area (Å²) >= 11 is 0. The highest BCUT2D eigenvalue weighted by Crippen LogP contribution is 2.59. The van der Waals surface area contributed by atoms with E-state index in [2.05, 4.69) is 6.92 Å². The van der Waals surface area contributed by atoms with Crippen molar-refractivity contribution in [2.75, 3.05) is 6.61 Å². The summed E-state index contributed by atoms with van der Waals surface area (Å²) in [5, 5.41) is 10.2. The third-order valence-corrected chi connectivity index (χ3v) is 5.61. The number of ether oxygens (including phenoxy) is 1. The van der Waals surface area contributed by atoms with Crippen LogP contribution in [-0.4, -0.2) is 29.6 Å². The van der Waals surface area contributed by atoms with Crippen LogP contribution in [0.2, 0.25) is 0 Å². The van der Waals surface area contributed by atoms with Crippen molar-refractivity contribution in [2.24, 2.45) is 16.7 Å². The topological polar surface area (TPSA) is 63.6 Å². The van der Waals surface area contributed by atoms with Gasteiger partial charge in [0, 0.05) is 17.4 Å². The molecule has 0 aromatic carbocycles. The molecule has 19 heavy (non-hydrogen) atoms. The van der Waals surface area contributed by atoms with Crippen molar-refractivity contribution in [3.63, 3.8) is 0 Å². The smallest absolute Gasteiger partial charge is 0.335 e. The van der Waals surface area contributed by atoms with Gasteiger partial charge in [-0.25, -0.2) is 4.79 Å². The number of aliphatic hydroxyl groups is 1. The molecule has 3 rings (SSSR count). The minimum absolute atomic E-state index is 0.000602. The fourth-order valence-corrected chi connectivity index (χ4v) is 4.34. The predicted molar refractivity (Wildman–Crippen MR) is 68.2 cm³/mol. The second-order valence-electron chi connectivity index (χ2n) is 6.90. The zero-order valence-corrected chi connectivity index (χ0v) is 11.7. The molecule has 2 aliphatic carbocycles. The maximum absolute atomic E-state index is 12.2. The Bertz CT molecular complexity index is 502. The molecule has 0 amide bonds. The molecular weight excluding hydrogens is 244 g/mol. The highest BCUT2D eigenvalue weighted by molar-refractivity contribution is 6.09. The summed E-state index contributed by atoms with van der Waals surface area (Å²) < 4.78 is 5.08.